The largest absolute Gasteiger partial charge is 0.463 e. The van der Waals surface area contributed by atoms with Gasteiger partial charge in [0, 0.05) is 5.56 Å². The topological polar surface area (TPSA) is 82.3 Å². The number of methoxy groups -OCH3 is 1. The van der Waals surface area contributed by atoms with Gasteiger partial charge in [0.05, 0.1) is 18.6 Å². The average Bonchev–Trinajstić information content (AvgIpc) is 3.36. The number of thioether (sulfide) groups is 2. The normalized spacial score (nSPS) is 10.9. The van der Waals surface area contributed by atoms with Crippen molar-refractivity contribution in [1.82, 2.24) is 10.2 Å². The molecule has 0 aliphatic carbocycles. The lowest BCUT2D eigenvalue weighted by molar-refractivity contribution is 0.0563. The summed E-state index contributed by atoms with van der Waals surface area (Å²) in [5.41, 5.74) is 4.07. The number of hydrogen-bond donors (Lipinski definition) is 0. The molecule has 0 N–H and O–H groups in total. The van der Waals surface area contributed by atoms with Crippen LogP contribution in [0.2, 0.25) is 0 Å². The molecule has 0 amide bonds. The second kappa shape index (κ2) is 9.60. The summed E-state index contributed by atoms with van der Waals surface area (Å²) in [6.45, 7) is 6.02. The lowest BCUT2D eigenvalue weighted by Crippen LogP contribution is -2.06. The maximum Gasteiger partial charge on any atom is 0.373 e. The van der Waals surface area contributed by atoms with Crippen molar-refractivity contribution in [3.63, 3.8) is 0 Å². The van der Waals surface area contributed by atoms with Crippen molar-refractivity contribution in [1.29, 1.82) is 0 Å². The maximum absolute atomic E-state index is 12.6. The van der Waals surface area contributed by atoms with E-state index < -0.39 is 5.97 Å². The third-order valence-corrected chi connectivity index (χ3v) is 7.45. The first kappa shape index (κ1) is 21.6. The van der Waals surface area contributed by atoms with Crippen molar-refractivity contribution in [2.75, 3.05) is 12.9 Å². The van der Waals surface area contributed by atoms with Gasteiger partial charge in [-0.05, 0) is 55.7 Å². The smallest absolute Gasteiger partial charge is 0.373 e. The first-order valence-electron chi connectivity index (χ1n) is 8.74. The molecular weight excluding hydrogens is 428 g/mol. The van der Waals surface area contributed by atoms with E-state index in [2.05, 4.69) is 14.9 Å². The Balaban J connectivity index is 1.54. The number of esters is 1. The van der Waals surface area contributed by atoms with E-state index in [9.17, 15) is 9.59 Å². The zero-order chi connectivity index (χ0) is 21.0. The van der Waals surface area contributed by atoms with Crippen molar-refractivity contribution >= 4 is 46.6 Å². The van der Waals surface area contributed by atoms with Crippen molar-refractivity contribution in [3.05, 3.63) is 58.0 Å². The van der Waals surface area contributed by atoms with Crippen molar-refractivity contribution in [2.24, 2.45) is 0 Å². The Bertz CT molecular complexity index is 1040. The van der Waals surface area contributed by atoms with Crippen LogP contribution in [0.1, 0.15) is 43.4 Å². The predicted octanol–water partition coefficient (Wildman–Crippen LogP) is 5.11. The number of ether oxygens (including phenoxy) is 1. The highest BCUT2D eigenvalue weighted by molar-refractivity contribution is 8.03. The van der Waals surface area contributed by atoms with Crippen LogP contribution >= 0.6 is 34.9 Å². The zero-order valence-corrected chi connectivity index (χ0v) is 18.9. The van der Waals surface area contributed by atoms with Crippen LogP contribution in [0.3, 0.4) is 0 Å². The fraction of sp³-hybridized carbons (Fsp3) is 0.300. The number of aromatic nitrogens is 2. The predicted molar refractivity (Wildman–Crippen MR) is 115 cm³/mol. The first-order valence-corrected chi connectivity index (χ1v) is 11.5. The molecule has 2 heterocycles. The van der Waals surface area contributed by atoms with Crippen LogP contribution in [-0.2, 0) is 10.5 Å². The van der Waals surface area contributed by atoms with Gasteiger partial charge in [-0.2, -0.15) is 0 Å². The van der Waals surface area contributed by atoms with E-state index >= 15 is 0 Å². The fourth-order valence-corrected chi connectivity index (χ4v) is 5.38. The van der Waals surface area contributed by atoms with Crippen LogP contribution in [0.4, 0.5) is 0 Å². The number of Topliss-reactive ketones (excluding diaryl/α,β-unsaturated/α-hetero) is 1. The maximum atomic E-state index is 12.6. The second-order valence-corrected chi connectivity index (χ2v) is 9.77. The van der Waals surface area contributed by atoms with E-state index in [1.54, 1.807) is 12.1 Å². The standard InChI is InChI=1S/C20H20N2O4S3/c1-11-7-13(3)15(8-12(11)2)16(23)10-28-20-22-21-19(29-20)27-9-14-5-6-17(26-14)18(24)25-4/h5-8H,9-10H2,1-4H3. The van der Waals surface area contributed by atoms with Gasteiger partial charge in [-0.25, -0.2) is 4.79 Å². The highest BCUT2D eigenvalue weighted by Crippen LogP contribution is 2.31. The summed E-state index contributed by atoms with van der Waals surface area (Å²) in [6.07, 6.45) is 0. The van der Waals surface area contributed by atoms with E-state index in [1.807, 2.05) is 32.9 Å². The van der Waals surface area contributed by atoms with E-state index in [0.717, 1.165) is 25.4 Å². The Morgan fingerprint density at radius 2 is 1.72 bits per heavy atom. The van der Waals surface area contributed by atoms with Gasteiger partial charge in [0.2, 0.25) is 5.76 Å². The van der Waals surface area contributed by atoms with Crippen molar-refractivity contribution in [3.8, 4) is 0 Å². The highest BCUT2D eigenvalue weighted by atomic mass is 32.2. The number of carbonyl (C=O) groups excluding carboxylic acids is 2. The number of rotatable bonds is 8. The minimum atomic E-state index is -0.500. The van der Waals surface area contributed by atoms with E-state index in [4.69, 9.17) is 4.42 Å². The Kier molecular flexibility index (Phi) is 7.15. The molecule has 3 rings (SSSR count). The lowest BCUT2D eigenvalue weighted by Gasteiger charge is -2.08. The van der Waals surface area contributed by atoms with Crippen LogP contribution in [0, 0.1) is 20.8 Å². The van der Waals surface area contributed by atoms with Crippen LogP contribution in [0.25, 0.3) is 0 Å². The molecule has 0 unspecified atom stereocenters. The van der Waals surface area contributed by atoms with Crippen LogP contribution < -0.4 is 0 Å². The third-order valence-electron chi connectivity index (χ3n) is 4.24. The molecule has 152 valence electrons. The summed E-state index contributed by atoms with van der Waals surface area (Å²) in [5, 5.41) is 8.30. The molecule has 0 fully saturated rings. The van der Waals surface area contributed by atoms with Gasteiger partial charge in [0.15, 0.2) is 14.5 Å². The molecule has 0 spiro atoms. The molecule has 9 heteroatoms. The molecule has 0 bridgehead atoms. The Morgan fingerprint density at radius 3 is 2.45 bits per heavy atom. The van der Waals surface area contributed by atoms with Crippen LogP contribution in [-0.4, -0.2) is 34.8 Å². The SMILES string of the molecule is COC(=O)c1ccc(CSc2nnc(SCC(=O)c3cc(C)c(C)cc3C)s2)o1. The number of nitrogens with zero attached hydrogens (tertiary/aromatic N) is 2. The van der Waals surface area contributed by atoms with Gasteiger partial charge >= 0.3 is 5.97 Å². The summed E-state index contributed by atoms with van der Waals surface area (Å²) in [7, 11) is 1.31. The second-order valence-electron chi connectivity index (χ2n) is 6.34. The molecule has 29 heavy (non-hydrogen) atoms. The van der Waals surface area contributed by atoms with Crippen LogP contribution in [0.15, 0.2) is 37.4 Å². The lowest BCUT2D eigenvalue weighted by atomic mass is 9.99. The van der Waals surface area contributed by atoms with Crippen molar-refractivity contribution < 1.29 is 18.7 Å². The van der Waals surface area contributed by atoms with Crippen LogP contribution in [0.5, 0.6) is 0 Å². The van der Waals surface area contributed by atoms with Gasteiger partial charge in [-0.15, -0.1) is 10.2 Å². The number of hydrogen-bond acceptors (Lipinski definition) is 9. The quantitative estimate of drug-likeness (QED) is 0.267. The molecule has 0 radical (unpaired) electrons. The van der Waals surface area contributed by atoms with E-state index in [-0.39, 0.29) is 11.5 Å². The van der Waals surface area contributed by atoms with Gasteiger partial charge in [0.1, 0.15) is 5.76 Å². The molecule has 2 aromatic heterocycles. The minimum Gasteiger partial charge on any atom is -0.463 e. The number of furan rings is 1. The molecule has 3 aromatic rings. The molecule has 0 saturated heterocycles. The summed E-state index contributed by atoms with van der Waals surface area (Å²) in [4.78, 5) is 24.0. The Morgan fingerprint density at radius 1 is 1.03 bits per heavy atom. The molecule has 0 aliphatic heterocycles. The number of carbonyl (C=O) groups is 2. The van der Waals surface area contributed by atoms with Gasteiger partial charge in [-0.1, -0.05) is 40.9 Å². The van der Waals surface area contributed by atoms with Crippen molar-refractivity contribution in [2.45, 2.75) is 35.2 Å². The monoisotopic (exact) mass is 448 g/mol. The Hall–Kier alpha value is -2.10. The van der Waals surface area contributed by atoms with Gasteiger partial charge < -0.3 is 9.15 Å². The number of ketones is 1. The molecule has 0 aliphatic rings. The first-order chi connectivity index (χ1) is 13.9. The fourth-order valence-electron chi connectivity index (χ4n) is 2.58. The van der Waals surface area contributed by atoms with Gasteiger partial charge in [0.25, 0.3) is 0 Å². The minimum absolute atomic E-state index is 0.0888. The molecule has 1 aromatic carbocycles. The van der Waals surface area contributed by atoms with E-state index in [0.29, 0.717) is 17.3 Å². The summed E-state index contributed by atoms with van der Waals surface area (Å²) >= 11 is 4.29. The molecule has 0 atom stereocenters. The highest BCUT2D eigenvalue weighted by Gasteiger charge is 2.15. The Labute approximate surface area is 181 Å². The summed E-state index contributed by atoms with van der Waals surface area (Å²) in [6, 6.07) is 7.33. The average molecular weight is 449 g/mol. The van der Waals surface area contributed by atoms with E-state index in [1.165, 1.54) is 47.5 Å². The third kappa shape index (κ3) is 5.49. The zero-order valence-electron chi connectivity index (χ0n) is 16.5. The molecule has 0 saturated carbocycles. The molecular formula is C20H20N2O4S3. The summed E-state index contributed by atoms with van der Waals surface area (Å²) < 4.78 is 11.6. The molecule has 6 nitrogen and oxygen atoms in total. The number of benzene rings is 1. The van der Waals surface area contributed by atoms with Gasteiger partial charge in [-0.3, -0.25) is 4.79 Å². The number of aryl methyl sites for hydroxylation is 3. The summed E-state index contributed by atoms with van der Waals surface area (Å²) in [5.74, 6) is 1.27.